The predicted octanol–water partition coefficient (Wildman–Crippen LogP) is 2.54. The second-order valence-electron chi connectivity index (χ2n) is 5.25. The van der Waals surface area contributed by atoms with Crippen LogP contribution in [0.4, 0.5) is 11.6 Å². The van der Waals surface area contributed by atoms with E-state index in [0.717, 1.165) is 6.42 Å². The smallest absolute Gasteiger partial charge is 0.337 e. The van der Waals surface area contributed by atoms with E-state index in [1.165, 1.54) is 13.3 Å². The van der Waals surface area contributed by atoms with Crippen LogP contribution >= 0.6 is 0 Å². The first-order valence-corrected chi connectivity index (χ1v) is 7.62. The number of methoxy groups -OCH3 is 1. The van der Waals surface area contributed by atoms with Crippen molar-refractivity contribution in [2.75, 3.05) is 12.4 Å². The van der Waals surface area contributed by atoms with E-state index in [2.05, 4.69) is 25.3 Å². The molecule has 1 atom stereocenters. The highest BCUT2D eigenvalue weighted by Gasteiger charge is 2.12. The van der Waals surface area contributed by atoms with Crippen LogP contribution in [-0.2, 0) is 4.74 Å². The van der Waals surface area contributed by atoms with E-state index in [4.69, 9.17) is 0 Å². The Hall–Kier alpha value is -2.96. The van der Waals surface area contributed by atoms with Crippen LogP contribution in [0.25, 0.3) is 0 Å². The minimum Gasteiger partial charge on any atom is -0.465 e. The van der Waals surface area contributed by atoms with Crippen molar-refractivity contribution in [3.05, 3.63) is 47.8 Å². The Kier molecular flexibility index (Phi) is 5.83. The SMILES string of the molecule is CCC(C)NC(=O)c1ccnc(Nc2cccc(C(=O)OC)c2)n1. The summed E-state index contributed by atoms with van der Waals surface area (Å²) in [6.07, 6.45) is 2.34. The lowest BCUT2D eigenvalue weighted by Gasteiger charge is -2.11. The molecule has 0 aliphatic heterocycles. The largest absolute Gasteiger partial charge is 0.465 e. The number of rotatable bonds is 6. The zero-order chi connectivity index (χ0) is 17.5. The Bertz CT molecular complexity index is 733. The fraction of sp³-hybridized carbons (Fsp3) is 0.294. The van der Waals surface area contributed by atoms with Crippen molar-refractivity contribution in [1.82, 2.24) is 15.3 Å². The zero-order valence-electron chi connectivity index (χ0n) is 13.9. The molecule has 2 aromatic rings. The predicted molar refractivity (Wildman–Crippen MR) is 90.3 cm³/mol. The summed E-state index contributed by atoms with van der Waals surface area (Å²) in [5, 5.41) is 5.83. The van der Waals surface area contributed by atoms with Gasteiger partial charge in [0, 0.05) is 17.9 Å². The third-order valence-electron chi connectivity index (χ3n) is 3.42. The quantitative estimate of drug-likeness (QED) is 0.792. The summed E-state index contributed by atoms with van der Waals surface area (Å²) in [4.78, 5) is 32.0. The summed E-state index contributed by atoms with van der Waals surface area (Å²) in [7, 11) is 1.32. The standard InChI is InChI=1S/C17H20N4O3/c1-4-11(2)19-15(22)14-8-9-18-17(21-14)20-13-7-5-6-12(10-13)16(23)24-3/h5-11H,4H2,1-3H3,(H,19,22)(H,18,20,21). The minimum absolute atomic E-state index is 0.0700. The highest BCUT2D eigenvalue weighted by atomic mass is 16.5. The van der Waals surface area contributed by atoms with Crippen molar-refractivity contribution in [2.24, 2.45) is 0 Å². The van der Waals surface area contributed by atoms with E-state index in [-0.39, 0.29) is 23.6 Å². The summed E-state index contributed by atoms with van der Waals surface area (Å²) in [5.41, 5.74) is 1.31. The van der Waals surface area contributed by atoms with E-state index in [1.54, 1.807) is 30.3 Å². The number of nitrogens with one attached hydrogen (secondary N) is 2. The third-order valence-corrected chi connectivity index (χ3v) is 3.42. The first kappa shape index (κ1) is 17.4. The van der Waals surface area contributed by atoms with E-state index in [9.17, 15) is 9.59 Å². The third kappa shape index (κ3) is 4.52. The Morgan fingerprint density at radius 3 is 2.79 bits per heavy atom. The Morgan fingerprint density at radius 2 is 2.08 bits per heavy atom. The van der Waals surface area contributed by atoms with Crippen LogP contribution in [0.5, 0.6) is 0 Å². The van der Waals surface area contributed by atoms with Crippen LogP contribution in [0, 0.1) is 0 Å². The number of anilines is 2. The van der Waals surface area contributed by atoms with Gasteiger partial charge in [-0.3, -0.25) is 4.79 Å². The Labute approximate surface area is 140 Å². The highest BCUT2D eigenvalue weighted by Crippen LogP contribution is 2.15. The maximum Gasteiger partial charge on any atom is 0.337 e. The second kappa shape index (κ2) is 8.05. The van der Waals surface area contributed by atoms with Gasteiger partial charge < -0.3 is 15.4 Å². The Morgan fingerprint density at radius 1 is 1.29 bits per heavy atom. The molecule has 0 radical (unpaired) electrons. The highest BCUT2D eigenvalue weighted by molar-refractivity contribution is 5.93. The minimum atomic E-state index is -0.429. The maximum atomic E-state index is 12.1. The molecule has 0 aliphatic carbocycles. The lowest BCUT2D eigenvalue weighted by molar-refractivity contribution is 0.0600. The number of hydrogen-bond donors (Lipinski definition) is 2. The lowest BCUT2D eigenvalue weighted by atomic mass is 10.2. The van der Waals surface area contributed by atoms with Gasteiger partial charge >= 0.3 is 5.97 Å². The number of amides is 1. The summed E-state index contributed by atoms with van der Waals surface area (Å²) < 4.78 is 4.69. The molecule has 24 heavy (non-hydrogen) atoms. The van der Waals surface area contributed by atoms with Crippen molar-refractivity contribution < 1.29 is 14.3 Å². The summed E-state index contributed by atoms with van der Waals surface area (Å²) in [6, 6.07) is 8.37. The summed E-state index contributed by atoms with van der Waals surface area (Å²) in [5.74, 6) is -0.409. The molecule has 1 unspecified atom stereocenters. The van der Waals surface area contributed by atoms with Gasteiger partial charge in [0.25, 0.3) is 5.91 Å². The number of aromatic nitrogens is 2. The second-order valence-corrected chi connectivity index (χ2v) is 5.25. The topological polar surface area (TPSA) is 93.2 Å². The van der Waals surface area contributed by atoms with E-state index >= 15 is 0 Å². The number of benzene rings is 1. The number of carbonyl (C=O) groups excluding carboxylic acids is 2. The summed E-state index contributed by atoms with van der Waals surface area (Å²) in [6.45, 7) is 3.92. The van der Waals surface area contributed by atoms with Crippen molar-refractivity contribution in [3.8, 4) is 0 Å². The Balaban J connectivity index is 2.15. The van der Waals surface area contributed by atoms with E-state index in [0.29, 0.717) is 11.3 Å². The molecule has 0 saturated carbocycles. The maximum absolute atomic E-state index is 12.1. The van der Waals surface area contributed by atoms with Crippen LogP contribution in [0.3, 0.4) is 0 Å². The fourth-order valence-corrected chi connectivity index (χ4v) is 1.92. The number of hydrogen-bond acceptors (Lipinski definition) is 6. The molecule has 7 nitrogen and oxygen atoms in total. The van der Waals surface area contributed by atoms with E-state index < -0.39 is 5.97 Å². The first-order valence-electron chi connectivity index (χ1n) is 7.62. The average Bonchev–Trinajstić information content (AvgIpc) is 2.61. The number of nitrogens with zero attached hydrogens (tertiary/aromatic N) is 2. The monoisotopic (exact) mass is 328 g/mol. The number of esters is 1. The number of ether oxygens (including phenoxy) is 1. The molecule has 1 aromatic heterocycles. The molecule has 126 valence electrons. The van der Waals surface area contributed by atoms with Crippen molar-refractivity contribution >= 4 is 23.5 Å². The van der Waals surface area contributed by atoms with Gasteiger partial charge in [0.15, 0.2) is 0 Å². The average molecular weight is 328 g/mol. The molecule has 0 fully saturated rings. The molecule has 7 heteroatoms. The zero-order valence-corrected chi connectivity index (χ0v) is 13.9. The fourth-order valence-electron chi connectivity index (χ4n) is 1.92. The normalized spacial score (nSPS) is 11.5. The first-order chi connectivity index (χ1) is 11.5. The van der Waals surface area contributed by atoms with Gasteiger partial charge in [-0.1, -0.05) is 13.0 Å². The van der Waals surface area contributed by atoms with Crippen LogP contribution in [-0.4, -0.2) is 35.0 Å². The van der Waals surface area contributed by atoms with Crippen molar-refractivity contribution in [3.63, 3.8) is 0 Å². The van der Waals surface area contributed by atoms with Crippen LogP contribution in [0.1, 0.15) is 41.1 Å². The molecule has 1 amide bonds. The van der Waals surface area contributed by atoms with Gasteiger partial charge in [0.1, 0.15) is 5.69 Å². The molecule has 2 rings (SSSR count). The van der Waals surface area contributed by atoms with Gasteiger partial charge in [-0.2, -0.15) is 0 Å². The number of carbonyl (C=O) groups is 2. The van der Waals surface area contributed by atoms with Crippen molar-refractivity contribution in [1.29, 1.82) is 0 Å². The molecule has 0 bridgehead atoms. The molecule has 0 spiro atoms. The van der Waals surface area contributed by atoms with Crippen LogP contribution < -0.4 is 10.6 Å². The summed E-state index contributed by atoms with van der Waals surface area (Å²) >= 11 is 0. The molecule has 0 saturated heterocycles. The molecule has 1 heterocycles. The molecule has 1 aromatic carbocycles. The van der Waals surface area contributed by atoms with Crippen LogP contribution in [0.2, 0.25) is 0 Å². The van der Waals surface area contributed by atoms with Gasteiger partial charge in [0.2, 0.25) is 5.95 Å². The van der Waals surface area contributed by atoms with Crippen molar-refractivity contribution in [2.45, 2.75) is 26.3 Å². The molecule has 0 aliphatic rings. The van der Waals surface area contributed by atoms with E-state index in [1.807, 2.05) is 13.8 Å². The van der Waals surface area contributed by atoms with Gasteiger partial charge in [0.05, 0.1) is 12.7 Å². The molecular formula is C17H20N4O3. The van der Waals surface area contributed by atoms with Crippen LogP contribution in [0.15, 0.2) is 36.5 Å². The molecular weight excluding hydrogens is 308 g/mol. The van der Waals surface area contributed by atoms with Gasteiger partial charge in [-0.05, 0) is 37.6 Å². The molecule has 2 N–H and O–H groups in total. The van der Waals surface area contributed by atoms with Gasteiger partial charge in [-0.25, -0.2) is 14.8 Å². The van der Waals surface area contributed by atoms with Gasteiger partial charge in [-0.15, -0.1) is 0 Å². The lowest BCUT2D eigenvalue weighted by Crippen LogP contribution is -2.32.